The third kappa shape index (κ3) is 4.65. The Morgan fingerprint density at radius 1 is 0.919 bits per heavy atom. The molecule has 3 amide bonds. The summed E-state index contributed by atoms with van der Waals surface area (Å²) >= 11 is 9.61. The number of aromatic nitrogens is 1. The van der Waals surface area contributed by atoms with Gasteiger partial charge < -0.3 is 14.8 Å². The topological polar surface area (TPSA) is 57.6 Å². The van der Waals surface area contributed by atoms with Crippen LogP contribution in [-0.2, 0) is 4.79 Å². The molecule has 4 aromatic rings. The smallest absolute Gasteiger partial charge is 0.316 e. The molecule has 186 valence electrons. The van der Waals surface area contributed by atoms with Crippen molar-refractivity contribution in [2.75, 3.05) is 16.8 Å². The number of urea groups is 1. The number of rotatable bonds is 5. The van der Waals surface area contributed by atoms with Crippen molar-refractivity contribution in [1.82, 2.24) is 9.47 Å². The van der Waals surface area contributed by atoms with Gasteiger partial charge in [0.2, 0.25) is 5.91 Å². The molecule has 0 radical (unpaired) electrons. The summed E-state index contributed by atoms with van der Waals surface area (Å²) in [7, 11) is 0. The summed E-state index contributed by atoms with van der Waals surface area (Å²) in [6, 6.07) is 26.3. The Bertz CT molecular complexity index is 1460. The molecule has 2 aliphatic rings. The molecule has 8 heteroatoms. The standard InChI is InChI=1S/C29H24BrClN4O2/c30-20-9-13-22(14-10-20)32-29(37)34(23-15-16-23)18-27(36)35-25-5-2-1-4-24(25)33-17-3-6-26(33)28(35)19-7-11-21(31)12-8-19/h1-14,17,23,28H,15-16,18H2,(H,32,37). The van der Waals surface area contributed by atoms with E-state index in [9.17, 15) is 9.59 Å². The van der Waals surface area contributed by atoms with Crippen LogP contribution in [-0.4, -0.2) is 34.0 Å². The number of hydrogen-bond donors (Lipinski definition) is 1. The lowest BCUT2D eigenvalue weighted by atomic mass is 9.97. The van der Waals surface area contributed by atoms with E-state index in [1.54, 1.807) is 4.90 Å². The number of benzene rings is 3. The molecule has 1 unspecified atom stereocenters. The van der Waals surface area contributed by atoms with Gasteiger partial charge in [0.05, 0.1) is 17.1 Å². The summed E-state index contributed by atoms with van der Waals surface area (Å²) in [5, 5.41) is 3.59. The summed E-state index contributed by atoms with van der Waals surface area (Å²) in [5.41, 5.74) is 4.35. The maximum atomic E-state index is 14.2. The van der Waals surface area contributed by atoms with Crippen molar-refractivity contribution in [3.05, 3.63) is 112 Å². The van der Waals surface area contributed by atoms with Crippen LogP contribution < -0.4 is 10.2 Å². The Balaban J connectivity index is 1.35. The average molecular weight is 576 g/mol. The highest BCUT2D eigenvalue weighted by molar-refractivity contribution is 9.10. The molecular formula is C29H24BrClN4O2. The highest BCUT2D eigenvalue weighted by Gasteiger charge is 2.40. The predicted molar refractivity (Wildman–Crippen MR) is 149 cm³/mol. The number of halogens is 2. The molecule has 0 bridgehead atoms. The molecule has 1 aromatic heterocycles. The number of carbonyl (C=O) groups is 2. The van der Waals surface area contributed by atoms with Gasteiger partial charge in [-0.1, -0.05) is 51.8 Å². The van der Waals surface area contributed by atoms with Gasteiger partial charge in [-0.3, -0.25) is 9.69 Å². The van der Waals surface area contributed by atoms with Crippen LogP contribution in [0.15, 0.2) is 95.6 Å². The molecule has 6 nitrogen and oxygen atoms in total. The van der Waals surface area contributed by atoms with Gasteiger partial charge >= 0.3 is 6.03 Å². The fraction of sp³-hybridized carbons (Fsp3) is 0.172. The number of hydrogen-bond acceptors (Lipinski definition) is 2. The Kier molecular flexibility index (Phi) is 6.26. The van der Waals surface area contributed by atoms with E-state index >= 15 is 0 Å². The lowest BCUT2D eigenvalue weighted by Gasteiger charge is -2.39. The maximum Gasteiger partial charge on any atom is 0.322 e. The molecular weight excluding hydrogens is 552 g/mol. The molecule has 37 heavy (non-hydrogen) atoms. The van der Waals surface area contributed by atoms with Gasteiger partial charge in [-0.05, 0) is 79.1 Å². The monoisotopic (exact) mass is 574 g/mol. The second-order valence-corrected chi connectivity index (χ2v) is 10.7. The van der Waals surface area contributed by atoms with E-state index in [-0.39, 0.29) is 30.6 Å². The van der Waals surface area contributed by atoms with E-state index < -0.39 is 0 Å². The third-order valence-corrected chi connectivity index (χ3v) is 7.60. The number of para-hydroxylation sites is 2. The first-order chi connectivity index (χ1) is 18.0. The fourth-order valence-corrected chi connectivity index (χ4v) is 5.32. The molecule has 1 aliphatic carbocycles. The summed E-state index contributed by atoms with van der Waals surface area (Å²) in [6.45, 7) is -0.0217. The molecule has 3 aromatic carbocycles. The Labute approximate surface area is 228 Å². The summed E-state index contributed by atoms with van der Waals surface area (Å²) in [4.78, 5) is 30.9. The number of amides is 3. The first-order valence-electron chi connectivity index (χ1n) is 12.2. The molecule has 1 N–H and O–H groups in total. The van der Waals surface area contributed by atoms with E-state index in [0.29, 0.717) is 10.7 Å². The van der Waals surface area contributed by atoms with Crippen LogP contribution in [0.2, 0.25) is 5.02 Å². The van der Waals surface area contributed by atoms with Crippen molar-refractivity contribution < 1.29 is 9.59 Å². The molecule has 1 saturated carbocycles. The van der Waals surface area contributed by atoms with Crippen molar-refractivity contribution in [2.24, 2.45) is 0 Å². The van der Waals surface area contributed by atoms with E-state index in [2.05, 4.69) is 25.8 Å². The lowest BCUT2D eigenvalue weighted by Crippen LogP contribution is -2.48. The van der Waals surface area contributed by atoms with Gasteiger partial charge in [0, 0.05) is 27.4 Å². The normalized spacial score (nSPS) is 16.1. The minimum absolute atomic E-state index is 0.0217. The first-order valence-corrected chi connectivity index (χ1v) is 13.3. The van der Waals surface area contributed by atoms with Crippen molar-refractivity contribution in [3.8, 4) is 5.69 Å². The first kappa shape index (κ1) is 23.8. The van der Waals surface area contributed by atoms with E-state index in [1.807, 2.05) is 96.0 Å². The van der Waals surface area contributed by atoms with Crippen molar-refractivity contribution in [3.63, 3.8) is 0 Å². The van der Waals surface area contributed by atoms with Crippen LogP contribution in [0.25, 0.3) is 5.69 Å². The minimum atomic E-state index is -0.356. The minimum Gasteiger partial charge on any atom is -0.316 e. The highest BCUT2D eigenvalue weighted by atomic mass is 79.9. The third-order valence-electron chi connectivity index (χ3n) is 6.82. The van der Waals surface area contributed by atoms with E-state index in [4.69, 9.17) is 11.6 Å². The second kappa shape index (κ2) is 9.72. The van der Waals surface area contributed by atoms with Gasteiger partial charge in [0.1, 0.15) is 12.6 Å². The van der Waals surface area contributed by atoms with E-state index in [1.165, 1.54) is 0 Å². The Morgan fingerprint density at radius 2 is 1.62 bits per heavy atom. The number of anilines is 2. The van der Waals surface area contributed by atoms with Crippen LogP contribution in [0.3, 0.4) is 0 Å². The van der Waals surface area contributed by atoms with Crippen LogP contribution in [0.5, 0.6) is 0 Å². The zero-order chi connectivity index (χ0) is 25.5. The Morgan fingerprint density at radius 3 is 2.32 bits per heavy atom. The van der Waals surface area contributed by atoms with Crippen molar-refractivity contribution in [1.29, 1.82) is 0 Å². The zero-order valence-electron chi connectivity index (χ0n) is 19.9. The number of nitrogens with one attached hydrogen (secondary N) is 1. The van der Waals surface area contributed by atoms with E-state index in [0.717, 1.165) is 39.9 Å². The number of fused-ring (bicyclic) bond motifs is 3. The SMILES string of the molecule is O=C(Nc1ccc(Br)cc1)N(CC(=O)N1c2ccccc2-n2cccc2C1c1ccc(Cl)cc1)C1CC1. The quantitative estimate of drug-likeness (QED) is 0.278. The molecule has 6 rings (SSSR count). The zero-order valence-corrected chi connectivity index (χ0v) is 22.2. The van der Waals surface area contributed by atoms with Crippen LogP contribution in [0, 0.1) is 0 Å². The maximum absolute atomic E-state index is 14.2. The summed E-state index contributed by atoms with van der Waals surface area (Å²) in [6.07, 6.45) is 3.79. The average Bonchev–Trinajstić information content (AvgIpc) is 3.63. The molecule has 2 heterocycles. The fourth-order valence-electron chi connectivity index (χ4n) is 4.93. The van der Waals surface area contributed by atoms with Gasteiger partial charge in [-0.2, -0.15) is 0 Å². The van der Waals surface area contributed by atoms with Gasteiger partial charge in [-0.25, -0.2) is 4.79 Å². The molecule has 1 aliphatic heterocycles. The predicted octanol–water partition coefficient (Wildman–Crippen LogP) is 7.03. The second-order valence-electron chi connectivity index (χ2n) is 9.31. The van der Waals surface area contributed by atoms with Gasteiger partial charge in [0.15, 0.2) is 0 Å². The largest absolute Gasteiger partial charge is 0.322 e. The molecule has 1 atom stereocenters. The van der Waals surface area contributed by atoms with Crippen LogP contribution in [0.1, 0.15) is 30.1 Å². The summed E-state index contributed by atoms with van der Waals surface area (Å²) in [5.74, 6) is -0.141. The van der Waals surface area contributed by atoms with Crippen molar-refractivity contribution in [2.45, 2.75) is 24.9 Å². The van der Waals surface area contributed by atoms with Gasteiger partial charge in [0.25, 0.3) is 0 Å². The van der Waals surface area contributed by atoms with Gasteiger partial charge in [-0.15, -0.1) is 0 Å². The van der Waals surface area contributed by atoms with Crippen LogP contribution in [0.4, 0.5) is 16.2 Å². The number of carbonyl (C=O) groups excluding carboxylic acids is 2. The number of nitrogens with zero attached hydrogens (tertiary/aromatic N) is 3. The van der Waals surface area contributed by atoms with Crippen molar-refractivity contribution >= 4 is 50.8 Å². The molecule has 0 spiro atoms. The van der Waals surface area contributed by atoms with Crippen LogP contribution >= 0.6 is 27.5 Å². The Hall–Kier alpha value is -3.55. The molecule has 1 fully saturated rings. The highest BCUT2D eigenvalue weighted by Crippen LogP contribution is 2.42. The summed E-state index contributed by atoms with van der Waals surface area (Å²) < 4.78 is 3.05. The lowest BCUT2D eigenvalue weighted by molar-refractivity contribution is -0.119. The molecule has 0 saturated heterocycles.